The Kier molecular flexibility index (Phi) is 4.93. The minimum atomic E-state index is -0.459. The van der Waals surface area contributed by atoms with Gasteiger partial charge in [-0.3, -0.25) is 10.1 Å². The van der Waals surface area contributed by atoms with Gasteiger partial charge in [0.25, 0.3) is 5.69 Å². The number of hydrogen-bond acceptors (Lipinski definition) is 4. The number of benzene rings is 1. The standard InChI is InChI=1S/C14H17ClN4O2/c1-10(2)8-16-9-11-6-7-18(17-11)14-12(15)4-3-5-13(14)19(20)21/h3-7,10,16H,8-9H2,1-2H3. The van der Waals surface area contributed by atoms with Gasteiger partial charge in [0.2, 0.25) is 0 Å². The molecule has 6 nitrogen and oxygen atoms in total. The van der Waals surface area contributed by atoms with E-state index in [4.69, 9.17) is 11.6 Å². The lowest BCUT2D eigenvalue weighted by Gasteiger charge is -2.06. The van der Waals surface area contributed by atoms with E-state index in [1.165, 1.54) is 10.7 Å². The van der Waals surface area contributed by atoms with E-state index in [0.717, 1.165) is 12.2 Å². The van der Waals surface area contributed by atoms with Gasteiger partial charge in [0.05, 0.1) is 15.6 Å². The van der Waals surface area contributed by atoms with Crippen LogP contribution >= 0.6 is 11.6 Å². The van der Waals surface area contributed by atoms with Crippen molar-refractivity contribution >= 4 is 17.3 Å². The highest BCUT2D eigenvalue weighted by Crippen LogP contribution is 2.29. The molecule has 7 heteroatoms. The Hall–Kier alpha value is -1.92. The Bertz CT molecular complexity index is 640. The van der Waals surface area contributed by atoms with E-state index < -0.39 is 4.92 Å². The van der Waals surface area contributed by atoms with Crippen LogP contribution in [0, 0.1) is 16.0 Å². The van der Waals surface area contributed by atoms with Gasteiger partial charge in [-0.25, -0.2) is 4.68 Å². The first kappa shape index (κ1) is 15.5. The van der Waals surface area contributed by atoms with Crippen LogP contribution in [0.1, 0.15) is 19.5 Å². The van der Waals surface area contributed by atoms with Crippen molar-refractivity contribution in [2.45, 2.75) is 20.4 Å². The number of para-hydroxylation sites is 1. The lowest BCUT2D eigenvalue weighted by atomic mass is 10.2. The third-order valence-electron chi connectivity index (χ3n) is 2.89. The minimum absolute atomic E-state index is 0.0627. The van der Waals surface area contributed by atoms with Crippen molar-refractivity contribution in [2.24, 2.45) is 5.92 Å². The number of halogens is 1. The van der Waals surface area contributed by atoms with Crippen molar-refractivity contribution in [3.05, 3.63) is 51.3 Å². The smallest absolute Gasteiger partial charge is 0.296 e. The van der Waals surface area contributed by atoms with E-state index >= 15 is 0 Å². The third-order valence-corrected chi connectivity index (χ3v) is 3.20. The molecular formula is C14H17ClN4O2. The van der Waals surface area contributed by atoms with E-state index in [1.54, 1.807) is 18.3 Å². The summed E-state index contributed by atoms with van der Waals surface area (Å²) < 4.78 is 1.45. The lowest BCUT2D eigenvalue weighted by molar-refractivity contribution is -0.384. The van der Waals surface area contributed by atoms with Crippen molar-refractivity contribution in [1.29, 1.82) is 0 Å². The molecule has 0 aliphatic heterocycles. The normalized spacial score (nSPS) is 11.0. The molecule has 1 aromatic carbocycles. The highest BCUT2D eigenvalue weighted by Gasteiger charge is 2.19. The van der Waals surface area contributed by atoms with Gasteiger partial charge in [0, 0.05) is 18.8 Å². The molecule has 0 aliphatic carbocycles. The minimum Gasteiger partial charge on any atom is -0.311 e. The van der Waals surface area contributed by atoms with E-state index in [2.05, 4.69) is 24.3 Å². The number of rotatable bonds is 6. The lowest BCUT2D eigenvalue weighted by Crippen LogP contribution is -2.19. The predicted octanol–water partition coefficient (Wildman–Crippen LogP) is 3.18. The summed E-state index contributed by atoms with van der Waals surface area (Å²) in [5.41, 5.74) is 1.04. The highest BCUT2D eigenvalue weighted by atomic mass is 35.5. The van der Waals surface area contributed by atoms with Crippen molar-refractivity contribution < 1.29 is 4.92 Å². The van der Waals surface area contributed by atoms with Crippen LogP contribution in [0.2, 0.25) is 5.02 Å². The molecule has 1 N–H and O–H groups in total. The van der Waals surface area contributed by atoms with Crippen molar-refractivity contribution in [3.8, 4) is 5.69 Å². The fourth-order valence-corrected chi connectivity index (χ4v) is 2.20. The first-order valence-corrected chi connectivity index (χ1v) is 7.05. The molecule has 2 aromatic rings. The third kappa shape index (κ3) is 3.80. The number of hydrogen-bond donors (Lipinski definition) is 1. The Balaban J connectivity index is 2.24. The molecule has 0 spiro atoms. The first-order chi connectivity index (χ1) is 9.99. The van der Waals surface area contributed by atoms with Gasteiger partial charge in [-0.1, -0.05) is 31.5 Å². The van der Waals surface area contributed by atoms with Crippen molar-refractivity contribution in [1.82, 2.24) is 15.1 Å². The zero-order chi connectivity index (χ0) is 15.4. The quantitative estimate of drug-likeness (QED) is 0.657. The molecule has 0 atom stereocenters. The predicted molar refractivity (Wildman–Crippen MR) is 81.8 cm³/mol. The number of nitrogens with zero attached hydrogens (tertiary/aromatic N) is 3. The summed E-state index contributed by atoms with van der Waals surface area (Å²) in [7, 11) is 0. The van der Waals surface area contributed by atoms with Gasteiger partial charge in [-0.05, 0) is 24.6 Å². The van der Waals surface area contributed by atoms with Crippen LogP contribution < -0.4 is 5.32 Å². The molecule has 0 saturated heterocycles. The number of nitro benzene ring substituents is 1. The monoisotopic (exact) mass is 308 g/mol. The molecule has 21 heavy (non-hydrogen) atoms. The summed E-state index contributed by atoms with van der Waals surface area (Å²) in [6.07, 6.45) is 1.68. The Morgan fingerprint density at radius 3 is 2.86 bits per heavy atom. The maximum Gasteiger partial charge on any atom is 0.296 e. The maximum absolute atomic E-state index is 11.1. The Morgan fingerprint density at radius 2 is 2.19 bits per heavy atom. The number of nitrogens with one attached hydrogen (secondary N) is 1. The maximum atomic E-state index is 11.1. The SMILES string of the molecule is CC(C)CNCc1ccn(-c2c(Cl)cccc2[N+](=O)[O-])n1. The average molecular weight is 309 g/mol. The topological polar surface area (TPSA) is 73.0 Å². The van der Waals surface area contributed by atoms with E-state index in [0.29, 0.717) is 23.2 Å². The van der Waals surface area contributed by atoms with Crippen molar-refractivity contribution in [2.75, 3.05) is 6.54 Å². The van der Waals surface area contributed by atoms with E-state index in [9.17, 15) is 10.1 Å². The highest BCUT2D eigenvalue weighted by molar-refractivity contribution is 6.32. The van der Waals surface area contributed by atoms with Gasteiger partial charge in [-0.15, -0.1) is 0 Å². The zero-order valence-electron chi connectivity index (χ0n) is 11.9. The zero-order valence-corrected chi connectivity index (χ0v) is 12.7. The van der Waals surface area contributed by atoms with Crippen LogP contribution in [0.25, 0.3) is 5.69 Å². The largest absolute Gasteiger partial charge is 0.311 e. The molecule has 0 fully saturated rings. The van der Waals surface area contributed by atoms with Crippen LogP contribution in [0.15, 0.2) is 30.5 Å². The van der Waals surface area contributed by atoms with Gasteiger partial charge in [0.1, 0.15) is 0 Å². The second-order valence-electron chi connectivity index (χ2n) is 5.14. The van der Waals surface area contributed by atoms with Gasteiger partial charge >= 0.3 is 0 Å². The number of nitro groups is 1. The molecule has 0 unspecified atom stereocenters. The molecule has 0 bridgehead atoms. The van der Waals surface area contributed by atoms with Gasteiger partial charge in [-0.2, -0.15) is 5.10 Å². The Labute approximate surface area is 127 Å². The molecule has 1 heterocycles. The fraction of sp³-hybridized carbons (Fsp3) is 0.357. The summed E-state index contributed by atoms with van der Waals surface area (Å²) in [4.78, 5) is 10.6. The summed E-state index contributed by atoms with van der Waals surface area (Å²) in [6.45, 7) is 5.75. The number of aromatic nitrogens is 2. The van der Waals surface area contributed by atoms with Gasteiger partial charge in [0.15, 0.2) is 5.69 Å². The Morgan fingerprint density at radius 1 is 1.43 bits per heavy atom. The van der Waals surface area contributed by atoms with Gasteiger partial charge < -0.3 is 5.32 Å². The summed E-state index contributed by atoms with van der Waals surface area (Å²) in [5, 5.41) is 19.0. The van der Waals surface area contributed by atoms with Crippen LogP contribution in [0.3, 0.4) is 0 Å². The second kappa shape index (κ2) is 6.69. The molecule has 1 aromatic heterocycles. The summed E-state index contributed by atoms with van der Waals surface area (Å²) >= 11 is 6.08. The fourth-order valence-electron chi connectivity index (χ4n) is 1.95. The average Bonchev–Trinajstić information content (AvgIpc) is 2.86. The van der Waals surface area contributed by atoms with E-state index in [-0.39, 0.29) is 5.69 Å². The molecular weight excluding hydrogens is 292 g/mol. The van der Waals surface area contributed by atoms with Crippen LogP contribution in [0.5, 0.6) is 0 Å². The molecule has 0 aliphatic rings. The molecule has 0 radical (unpaired) electrons. The molecule has 112 valence electrons. The van der Waals surface area contributed by atoms with Crippen molar-refractivity contribution in [3.63, 3.8) is 0 Å². The van der Waals surface area contributed by atoms with Crippen LogP contribution in [-0.2, 0) is 6.54 Å². The summed E-state index contributed by atoms with van der Waals surface area (Å²) in [5.74, 6) is 0.553. The molecule has 0 amide bonds. The summed E-state index contributed by atoms with van der Waals surface area (Å²) in [6, 6.07) is 6.40. The molecule has 2 rings (SSSR count). The van der Waals surface area contributed by atoms with Crippen LogP contribution in [0.4, 0.5) is 5.69 Å². The second-order valence-corrected chi connectivity index (χ2v) is 5.55. The molecule has 0 saturated carbocycles. The van der Waals surface area contributed by atoms with E-state index in [1.807, 2.05) is 6.07 Å². The first-order valence-electron chi connectivity index (χ1n) is 6.67. The van der Waals surface area contributed by atoms with Crippen LogP contribution in [-0.4, -0.2) is 21.2 Å².